The molecule has 0 aliphatic heterocycles. The van der Waals surface area contributed by atoms with E-state index in [1.807, 2.05) is 0 Å². The third-order valence-corrected chi connectivity index (χ3v) is 6.84. The van der Waals surface area contributed by atoms with E-state index >= 15 is 0 Å². The van der Waals surface area contributed by atoms with Gasteiger partial charge in [-0.05, 0) is 0 Å². The molecule has 0 aromatic heterocycles. The van der Waals surface area contributed by atoms with Crippen LogP contribution in [0.3, 0.4) is 0 Å². The molecule has 0 aliphatic rings. The minimum absolute atomic E-state index is 0. The van der Waals surface area contributed by atoms with Crippen LogP contribution in [-0.2, 0) is 30.9 Å². The zero-order valence-corrected chi connectivity index (χ0v) is 18.2. The van der Waals surface area contributed by atoms with E-state index in [-0.39, 0.29) is 41.1 Å². The average molecular weight is 373 g/mol. The van der Waals surface area contributed by atoms with Gasteiger partial charge in [0.15, 0.2) is 0 Å². The molecule has 0 aliphatic carbocycles. The van der Waals surface area contributed by atoms with Crippen LogP contribution in [0.5, 0.6) is 0 Å². The third-order valence-electron chi connectivity index (χ3n) is 3.85. The molecule has 0 heterocycles. The van der Waals surface area contributed by atoms with Gasteiger partial charge in [0.2, 0.25) is 0 Å². The standard InChI is InChI=1S/C14H25NOSi.2CH3.Zr/c1-10-11(2)13(4)14(12(10)3)17(6,7)15-8-9-16-5;;;/h8-9H2,1-7H3;2*1H3;/q-2;2*-1;. The number of hydrogen-bond acceptors (Lipinski definition) is 1. The summed E-state index contributed by atoms with van der Waals surface area (Å²) in [5, 5.41) is 1.53. The van der Waals surface area contributed by atoms with Crippen LogP contribution >= 0.6 is 0 Å². The van der Waals surface area contributed by atoms with Gasteiger partial charge < -0.3 is 24.6 Å². The van der Waals surface area contributed by atoms with Gasteiger partial charge in [-0.15, -0.1) is 6.54 Å². The van der Waals surface area contributed by atoms with Crippen LogP contribution in [0.25, 0.3) is 4.98 Å². The van der Waals surface area contributed by atoms with E-state index in [0.29, 0.717) is 0 Å². The first kappa shape index (κ1) is 25.3. The van der Waals surface area contributed by atoms with Crippen molar-refractivity contribution in [3.8, 4) is 0 Å². The minimum atomic E-state index is -1.67. The summed E-state index contributed by atoms with van der Waals surface area (Å²) in [6, 6.07) is 0. The van der Waals surface area contributed by atoms with Gasteiger partial charge in [-0.1, -0.05) is 49.0 Å². The van der Waals surface area contributed by atoms with Crippen molar-refractivity contribution in [1.29, 1.82) is 0 Å². The van der Waals surface area contributed by atoms with E-state index < -0.39 is 8.24 Å². The zero-order chi connectivity index (χ0) is 13.2. The first-order chi connectivity index (χ1) is 7.83. The summed E-state index contributed by atoms with van der Waals surface area (Å²) < 4.78 is 5.09. The Labute approximate surface area is 147 Å². The molecule has 0 bridgehead atoms. The summed E-state index contributed by atoms with van der Waals surface area (Å²) in [4.78, 5) is 4.91. The van der Waals surface area contributed by atoms with Gasteiger partial charge in [0.25, 0.3) is 0 Å². The predicted molar refractivity (Wildman–Crippen MR) is 91.0 cm³/mol. The summed E-state index contributed by atoms with van der Waals surface area (Å²) in [7, 11) is 0.0622. The number of hydrogen-bond donors (Lipinski definition) is 0. The van der Waals surface area contributed by atoms with Gasteiger partial charge in [-0.3, -0.25) is 0 Å². The van der Waals surface area contributed by atoms with E-state index in [2.05, 4.69) is 40.8 Å². The maximum Gasteiger partial charge on any atom is 0.0354 e. The van der Waals surface area contributed by atoms with E-state index in [1.54, 1.807) is 7.11 Å². The fourth-order valence-electron chi connectivity index (χ4n) is 2.63. The van der Waals surface area contributed by atoms with E-state index in [0.717, 1.165) is 13.2 Å². The van der Waals surface area contributed by atoms with Crippen molar-refractivity contribution >= 4 is 13.4 Å². The maximum atomic E-state index is 5.09. The predicted octanol–water partition coefficient (Wildman–Crippen LogP) is 3.97. The molecule has 4 heteroatoms. The van der Waals surface area contributed by atoms with Gasteiger partial charge >= 0.3 is 0 Å². The Morgan fingerprint density at radius 2 is 1.40 bits per heavy atom. The minimum Gasteiger partial charge on any atom is -0.668 e. The smallest absolute Gasteiger partial charge is 0.0354 e. The second kappa shape index (κ2) is 10.2. The summed E-state index contributed by atoms with van der Waals surface area (Å²) in [5.41, 5.74) is 5.80. The van der Waals surface area contributed by atoms with E-state index in [4.69, 9.17) is 9.72 Å². The number of ether oxygens (including phenoxy) is 1. The van der Waals surface area contributed by atoms with Crippen LogP contribution in [0.4, 0.5) is 0 Å². The van der Waals surface area contributed by atoms with Crippen molar-refractivity contribution < 1.29 is 30.9 Å². The van der Waals surface area contributed by atoms with Crippen LogP contribution in [0, 0.1) is 42.5 Å². The molecule has 0 saturated heterocycles. The largest absolute Gasteiger partial charge is 0.668 e. The molecule has 118 valence electrons. The van der Waals surface area contributed by atoms with E-state index in [9.17, 15) is 0 Å². The van der Waals surface area contributed by atoms with Gasteiger partial charge in [0.05, 0.1) is 0 Å². The first-order valence-corrected chi connectivity index (χ1v) is 9.18. The van der Waals surface area contributed by atoms with Crippen molar-refractivity contribution in [1.82, 2.24) is 0 Å². The molecule has 0 radical (unpaired) electrons. The molecule has 1 rings (SSSR count). The topological polar surface area (TPSA) is 23.3 Å². The molecule has 0 unspecified atom stereocenters. The zero-order valence-electron chi connectivity index (χ0n) is 14.8. The summed E-state index contributed by atoms with van der Waals surface area (Å²) in [6.45, 7) is 15.1. The van der Waals surface area contributed by atoms with Crippen molar-refractivity contribution in [2.24, 2.45) is 0 Å². The summed E-state index contributed by atoms with van der Waals surface area (Å²) in [6.07, 6.45) is 0. The quantitative estimate of drug-likeness (QED) is 0.436. The number of nitrogens with zero attached hydrogens (tertiary/aromatic N) is 1. The SMILES string of the molecule is COCC[N-][Si](C)(C)[c-]1c(C)c(C)c(C)c1C.[CH3-].[CH3-].[Zr]. The number of rotatable bonds is 5. The Hall–Kier alpha value is 0.370. The average Bonchev–Trinajstić information content (AvgIpc) is 2.44. The molecule has 0 saturated carbocycles. The van der Waals surface area contributed by atoms with Crippen LogP contribution in [0.15, 0.2) is 0 Å². The van der Waals surface area contributed by atoms with E-state index in [1.165, 1.54) is 27.4 Å². The second-order valence-corrected chi connectivity index (χ2v) is 9.24. The molecule has 0 amide bonds. The molecule has 0 atom stereocenters. The maximum absolute atomic E-state index is 5.09. The molecular weight excluding hydrogens is 341 g/mol. The third kappa shape index (κ3) is 5.29. The van der Waals surface area contributed by atoms with Gasteiger partial charge in [-0.25, -0.2) is 0 Å². The first-order valence-electron chi connectivity index (χ1n) is 6.24. The van der Waals surface area contributed by atoms with Crippen molar-refractivity contribution in [3.63, 3.8) is 0 Å². The fraction of sp³-hybridized carbons (Fsp3) is 0.562. The van der Waals surface area contributed by atoms with Crippen LogP contribution in [-0.4, -0.2) is 28.5 Å². The molecule has 1 aromatic rings. The van der Waals surface area contributed by atoms with Gasteiger partial charge in [0, 0.05) is 39.9 Å². The van der Waals surface area contributed by atoms with Gasteiger partial charge in [-0.2, -0.15) is 27.4 Å². The molecular formula is C16H31NOSiZr-4. The van der Waals surface area contributed by atoms with Crippen molar-refractivity contribution in [2.45, 2.75) is 40.8 Å². The summed E-state index contributed by atoms with van der Waals surface area (Å²) >= 11 is 0. The molecule has 0 fully saturated rings. The Morgan fingerprint density at radius 1 is 1.00 bits per heavy atom. The molecule has 20 heavy (non-hydrogen) atoms. The Bertz CT molecular complexity index is 374. The van der Waals surface area contributed by atoms with Crippen LogP contribution in [0.2, 0.25) is 13.1 Å². The molecule has 1 aromatic carbocycles. The second-order valence-electron chi connectivity index (χ2n) is 5.31. The molecule has 0 spiro atoms. The molecule has 2 nitrogen and oxygen atoms in total. The Kier molecular flexibility index (Phi) is 12.9. The number of methoxy groups -OCH3 is 1. The summed E-state index contributed by atoms with van der Waals surface area (Å²) in [5.74, 6) is 0. The van der Waals surface area contributed by atoms with Crippen LogP contribution < -0.4 is 5.19 Å². The normalized spacial score (nSPS) is 10.3. The Morgan fingerprint density at radius 3 is 1.75 bits per heavy atom. The van der Waals surface area contributed by atoms with Gasteiger partial charge in [0.1, 0.15) is 0 Å². The van der Waals surface area contributed by atoms with Crippen molar-refractivity contribution in [3.05, 3.63) is 42.1 Å². The Balaban J connectivity index is -0.000000963. The monoisotopic (exact) mass is 371 g/mol. The fourth-order valence-corrected chi connectivity index (χ4v) is 5.65. The molecule has 0 N–H and O–H groups in total. The van der Waals surface area contributed by atoms with Crippen LogP contribution in [0.1, 0.15) is 22.3 Å². The van der Waals surface area contributed by atoms with Crippen molar-refractivity contribution in [2.75, 3.05) is 20.3 Å².